The second kappa shape index (κ2) is 8.29. The largest absolute Gasteiger partial charge is 0.464 e. The first-order valence-electron chi connectivity index (χ1n) is 8.47. The van der Waals surface area contributed by atoms with Crippen LogP contribution in [0.5, 0.6) is 0 Å². The molecular weight excluding hydrogens is 404 g/mol. The van der Waals surface area contributed by atoms with E-state index in [1.165, 1.54) is 37.2 Å². The van der Waals surface area contributed by atoms with Crippen molar-refractivity contribution in [1.29, 1.82) is 0 Å². The van der Waals surface area contributed by atoms with Crippen molar-refractivity contribution < 1.29 is 17.9 Å². The number of aryl methyl sites for hydroxylation is 2. The molecule has 1 aromatic carbocycles. The molecular formula is C16H20N6O4S2. The van der Waals surface area contributed by atoms with E-state index in [0.29, 0.717) is 17.8 Å². The van der Waals surface area contributed by atoms with Crippen LogP contribution >= 0.6 is 11.8 Å². The van der Waals surface area contributed by atoms with Gasteiger partial charge in [-0.2, -0.15) is 0 Å². The summed E-state index contributed by atoms with van der Waals surface area (Å²) in [6, 6.07) is 4.70. The van der Waals surface area contributed by atoms with Gasteiger partial charge in [-0.1, -0.05) is 23.9 Å². The third-order valence-corrected chi connectivity index (χ3v) is 5.81. The lowest BCUT2D eigenvalue weighted by Gasteiger charge is -2.07. The van der Waals surface area contributed by atoms with E-state index in [4.69, 9.17) is 5.14 Å². The fraction of sp³-hybridized carbons (Fsp3) is 0.375. The van der Waals surface area contributed by atoms with Crippen molar-refractivity contribution in [2.45, 2.75) is 36.5 Å². The van der Waals surface area contributed by atoms with Crippen LogP contribution in [0.1, 0.15) is 23.8 Å². The number of nitrogens with zero attached hydrogens (tertiary/aromatic N) is 5. The van der Waals surface area contributed by atoms with Crippen LogP contribution in [0.2, 0.25) is 0 Å². The number of aromatic nitrogens is 5. The molecule has 3 rings (SSSR count). The molecule has 10 nitrogen and oxygen atoms in total. The smallest absolute Gasteiger partial charge is 0.360 e. The average molecular weight is 425 g/mol. The number of carbonyl (C=O) groups is 1. The standard InChI is InChI=1S/C16H20N6O4S2/c1-3-6-22-14-5-4-11(28(17,24)25)9-12(14)18-16(22)27-8-7-21-10-13(19-20-21)15(23)26-2/h4-5,9-10H,3,6-8H2,1-2H3,(H2,17,24,25). The van der Waals surface area contributed by atoms with Gasteiger partial charge in [0.15, 0.2) is 10.9 Å². The lowest BCUT2D eigenvalue weighted by Crippen LogP contribution is -2.11. The zero-order valence-corrected chi connectivity index (χ0v) is 17.0. The second-order valence-electron chi connectivity index (χ2n) is 5.95. The van der Waals surface area contributed by atoms with Gasteiger partial charge in [0.25, 0.3) is 0 Å². The number of esters is 1. The zero-order chi connectivity index (χ0) is 20.3. The van der Waals surface area contributed by atoms with Crippen LogP contribution in [0, 0.1) is 0 Å². The molecule has 12 heteroatoms. The summed E-state index contributed by atoms with van der Waals surface area (Å²) in [7, 11) is -2.49. The Morgan fingerprint density at radius 2 is 2.11 bits per heavy atom. The topological polar surface area (TPSA) is 135 Å². The van der Waals surface area contributed by atoms with E-state index in [0.717, 1.165) is 23.6 Å². The number of carbonyl (C=O) groups excluding carboxylic acids is 1. The number of imidazole rings is 1. The molecule has 0 aliphatic rings. The molecule has 2 N–H and O–H groups in total. The van der Waals surface area contributed by atoms with E-state index in [2.05, 4.69) is 27.0 Å². The number of nitrogens with two attached hydrogens (primary N) is 1. The van der Waals surface area contributed by atoms with Crippen molar-refractivity contribution in [1.82, 2.24) is 24.5 Å². The molecule has 0 saturated carbocycles. The highest BCUT2D eigenvalue weighted by Crippen LogP contribution is 2.26. The predicted molar refractivity (Wildman–Crippen MR) is 103 cm³/mol. The Labute approximate surface area is 166 Å². The molecule has 0 aliphatic carbocycles. The molecule has 3 aromatic rings. The molecule has 2 aromatic heterocycles. The number of rotatable bonds is 8. The van der Waals surface area contributed by atoms with Gasteiger partial charge in [-0.3, -0.25) is 4.68 Å². The van der Waals surface area contributed by atoms with Gasteiger partial charge in [-0.15, -0.1) is 5.10 Å². The maximum Gasteiger partial charge on any atom is 0.360 e. The quantitative estimate of drug-likeness (QED) is 0.422. The van der Waals surface area contributed by atoms with E-state index in [1.807, 2.05) is 4.57 Å². The Kier molecular flexibility index (Phi) is 6.01. The van der Waals surface area contributed by atoms with E-state index in [9.17, 15) is 13.2 Å². The fourth-order valence-corrected chi connectivity index (χ4v) is 4.15. The molecule has 0 fully saturated rings. The molecule has 0 aliphatic heterocycles. The number of fused-ring (bicyclic) bond motifs is 1. The minimum atomic E-state index is -3.78. The minimum absolute atomic E-state index is 0.0376. The summed E-state index contributed by atoms with van der Waals surface area (Å²) >= 11 is 1.51. The highest BCUT2D eigenvalue weighted by molar-refractivity contribution is 7.99. The Bertz CT molecular complexity index is 1110. The summed E-state index contributed by atoms with van der Waals surface area (Å²) in [6.07, 6.45) is 2.43. The van der Waals surface area contributed by atoms with Gasteiger partial charge in [-0.05, 0) is 24.6 Å². The van der Waals surface area contributed by atoms with Crippen LogP contribution < -0.4 is 5.14 Å². The lowest BCUT2D eigenvalue weighted by molar-refractivity contribution is 0.0594. The molecule has 150 valence electrons. The highest BCUT2D eigenvalue weighted by Gasteiger charge is 2.15. The van der Waals surface area contributed by atoms with Gasteiger partial charge in [0, 0.05) is 12.3 Å². The minimum Gasteiger partial charge on any atom is -0.464 e. The SMILES string of the molecule is CCCn1c(SCCn2cc(C(=O)OC)nn2)nc2cc(S(N)(=O)=O)ccc21. The molecule has 0 amide bonds. The van der Waals surface area contributed by atoms with Crippen LogP contribution in [0.4, 0.5) is 0 Å². The van der Waals surface area contributed by atoms with Gasteiger partial charge < -0.3 is 9.30 Å². The molecule has 28 heavy (non-hydrogen) atoms. The number of thioether (sulfide) groups is 1. The maximum atomic E-state index is 11.6. The van der Waals surface area contributed by atoms with E-state index >= 15 is 0 Å². The second-order valence-corrected chi connectivity index (χ2v) is 8.57. The molecule has 0 unspecified atom stereocenters. The molecule has 0 spiro atoms. The third-order valence-electron chi connectivity index (χ3n) is 3.95. The summed E-state index contributed by atoms with van der Waals surface area (Å²) in [5.41, 5.74) is 1.59. The van der Waals surface area contributed by atoms with E-state index < -0.39 is 16.0 Å². The lowest BCUT2D eigenvalue weighted by atomic mass is 10.3. The van der Waals surface area contributed by atoms with Crippen molar-refractivity contribution in [3.63, 3.8) is 0 Å². The summed E-state index contributed by atoms with van der Waals surface area (Å²) in [5.74, 6) is 0.105. The molecule has 0 bridgehead atoms. The first-order chi connectivity index (χ1) is 13.3. The van der Waals surface area contributed by atoms with Crippen molar-refractivity contribution >= 4 is 38.8 Å². The van der Waals surface area contributed by atoms with Crippen molar-refractivity contribution in [3.05, 3.63) is 30.1 Å². The third kappa shape index (κ3) is 4.34. The Morgan fingerprint density at radius 1 is 1.32 bits per heavy atom. The average Bonchev–Trinajstić information content (AvgIpc) is 3.26. The Morgan fingerprint density at radius 3 is 2.79 bits per heavy atom. The summed E-state index contributed by atoms with van der Waals surface area (Å²) in [4.78, 5) is 16.0. The van der Waals surface area contributed by atoms with Crippen LogP contribution in [0.3, 0.4) is 0 Å². The van der Waals surface area contributed by atoms with Crippen molar-refractivity contribution in [2.24, 2.45) is 5.14 Å². The number of sulfonamides is 1. The number of primary sulfonamides is 1. The van der Waals surface area contributed by atoms with Gasteiger partial charge in [-0.25, -0.2) is 23.3 Å². The molecule has 0 radical (unpaired) electrons. The van der Waals surface area contributed by atoms with Crippen LogP contribution in [0.25, 0.3) is 11.0 Å². The van der Waals surface area contributed by atoms with Crippen molar-refractivity contribution in [3.8, 4) is 0 Å². The molecule has 0 atom stereocenters. The van der Waals surface area contributed by atoms with Gasteiger partial charge in [0.2, 0.25) is 10.0 Å². The first kappa shape index (κ1) is 20.3. The maximum absolute atomic E-state index is 11.6. The van der Waals surface area contributed by atoms with Gasteiger partial charge in [0.1, 0.15) is 0 Å². The zero-order valence-electron chi connectivity index (χ0n) is 15.4. The van der Waals surface area contributed by atoms with Crippen LogP contribution in [0.15, 0.2) is 34.4 Å². The van der Waals surface area contributed by atoms with Crippen molar-refractivity contribution in [2.75, 3.05) is 12.9 Å². The Balaban J connectivity index is 1.78. The molecule has 2 heterocycles. The highest BCUT2D eigenvalue weighted by atomic mass is 32.2. The monoisotopic (exact) mass is 424 g/mol. The Hall–Kier alpha value is -2.44. The summed E-state index contributed by atoms with van der Waals surface area (Å²) < 4.78 is 31.4. The normalized spacial score (nSPS) is 11.8. The summed E-state index contributed by atoms with van der Waals surface area (Å²) in [6.45, 7) is 3.33. The molecule has 0 saturated heterocycles. The number of hydrogen-bond acceptors (Lipinski definition) is 8. The van der Waals surface area contributed by atoms with Crippen LogP contribution in [-0.2, 0) is 27.8 Å². The first-order valence-corrected chi connectivity index (χ1v) is 11.0. The van der Waals surface area contributed by atoms with Crippen LogP contribution in [-0.4, -0.2) is 51.8 Å². The number of hydrogen-bond donors (Lipinski definition) is 1. The number of methoxy groups -OCH3 is 1. The predicted octanol–water partition coefficient (Wildman–Crippen LogP) is 1.26. The van der Waals surface area contributed by atoms with E-state index in [-0.39, 0.29) is 10.6 Å². The fourth-order valence-electron chi connectivity index (χ4n) is 2.65. The van der Waals surface area contributed by atoms with Gasteiger partial charge in [0.05, 0.1) is 35.8 Å². The number of ether oxygens (including phenoxy) is 1. The number of benzene rings is 1. The van der Waals surface area contributed by atoms with E-state index in [1.54, 1.807) is 10.7 Å². The summed E-state index contributed by atoms with van der Waals surface area (Å²) in [5, 5.41) is 13.7. The van der Waals surface area contributed by atoms with Gasteiger partial charge >= 0.3 is 5.97 Å².